The second kappa shape index (κ2) is 4.49. The molecule has 1 aromatic carbocycles. The van der Waals surface area contributed by atoms with Crippen LogP contribution in [0.25, 0.3) is 11.3 Å². The van der Waals surface area contributed by atoms with E-state index < -0.39 is 23.3 Å². The molecule has 0 aliphatic rings. The number of nitrogens with one attached hydrogen (secondary N) is 1. The van der Waals surface area contributed by atoms with Crippen molar-refractivity contribution in [3.05, 3.63) is 57.3 Å². The Balaban J connectivity index is 2.76. The van der Waals surface area contributed by atoms with E-state index in [0.29, 0.717) is 0 Å². The molecule has 0 unspecified atom stereocenters. The molecule has 1 aromatic heterocycles. The fourth-order valence-corrected chi connectivity index (χ4v) is 1.76. The molecule has 2 aromatic rings. The van der Waals surface area contributed by atoms with Gasteiger partial charge in [-0.25, -0.2) is 0 Å². The van der Waals surface area contributed by atoms with Gasteiger partial charge in [-0.15, -0.1) is 0 Å². The second-order valence-corrected chi connectivity index (χ2v) is 3.97. The van der Waals surface area contributed by atoms with E-state index in [1.165, 1.54) is 18.2 Å². The summed E-state index contributed by atoms with van der Waals surface area (Å²) < 4.78 is 46.2. The monoisotopic (exact) mass is 274 g/mol. The third kappa shape index (κ3) is 2.56. The van der Waals surface area contributed by atoms with Crippen LogP contribution in [0.15, 0.2) is 41.2 Å². The van der Waals surface area contributed by atoms with Crippen LogP contribution in [0.1, 0.15) is 6.93 Å². The summed E-state index contributed by atoms with van der Waals surface area (Å²) in [4.78, 5) is 13.5. The van der Waals surface area contributed by atoms with Crippen LogP contribution in [0.3, 0.4) is 0 Å². The summed E-state index contributed by atoms with van der Waals surface area (Å²) in [6.07, 6.45) is -4.69. The minimum atomic E-state index is -4.69. The van der Waals surface area contributed by atoms with E-state index in [1.54, 1.807) is 0 Å². The quantitative estimate of drug-likeness (QED) is 0.845. The molecule has 0 saturated carbocycles. The number of hydrogen-bond acceptors (Lipinski definition) is 1. The number of H-pyrrole nitrogens is 1. The highest BCUT2D eigenvalue weighted by molar-refractivity contribution is 6.30. The van der Waals surface area contributed by atoms with Crippen molar-refractivity contribution in [1.29, 1.82) is 0 Å². The predicted octanol–water partition coefficient (Wildman–Crippen LogP) is 3.71. The average Bonchev–Trinajstić information content (AvgIpc) is 2.25. The number of alkyl halides is 3. The van der Waals surface area contributed by atoms with Crippen molar-refractivity contribution in [1.82, 2.24) is 4.98 Å². The van der Waals surface area contributed by atoms with Crippen molar-refractivity contribution in [2.24, 2.45) is 0 Å². The van der Waals surface area contributed by atoms with Crippen molar-refractivity contribution in [3.63, 3.8) is 0 Å². The zero-order valence-electron chi connectivity index (χ0n) is 9.81. The number of benzene rings is 1. The maximum absolute atomic E-state index is 13.0. The Hall–Kier alpha value is -1.75. The molecule has 94 valence electrons. The Morgan fingerprint density at radius 3 is 2.61 bits per heavy atom. The second-order valence-electron chi connectivity index (χ2n) is 3.53. The van der Waals surface area contributed by atoms with Gasteiger partial charge in [-0.3, -0.25) is 4.79 Å². The molecule has 0 saturated heterocycles. The van der Waals surface area contributed by atoms with Gasteiger partial charge in [0.25, 0.3) is 0 Å². The molecule has 6 heteroatoms. The van der Waals surface area contributed by atoms with Crippen LogP contribution < -0.4 is 5.56 Å². The minimum Gasteiger partial charge on any atom is -0.322 e. The van der Waals surface area contributed by atoms with Crippen molar-refractivity contribution in [3.8, 4) is 11.3 Å². The molecule has 2 nitrogen and oxygen atoms in total. The summed E-state index contributed by atoms with van der Waals surface area (Å²) >= 11 is 5.66. The number of rotatable bonds is 1. The van der Waals surface area contributed by atoms with E-state index >= 15 is 0 Å². The van der Waals surface area contributed by atoms with Gasteiger partial charge in [0.2, 0.25) is 5.56 Å². The topological polar surface area (TPSA) is 32.9 Å². The van der Waals surface area contributed by atoms with Gasteiger partial charge >= 0.3 is 6.18 Å². The lowest BCUT2D eigenvalue weighted by molar-refractivity contribution is -0.137. The summed E-state index contributed by atoms with van der Waals surface area (Å²) in [5.74, 6) is 0. The highest BCUT2D eigenvalue weighted by Gasteiger charge is 2.33. The van der Waals surface area contributed by atoms with E-state index in [9.17, 15) is 18.0 Å². The molecule has 0 amide bonds. The SMILES string of the molecule is [2H]c1cccc(-c2cc(Cl)cc(=O)[nH]2)c1C(F)(F)F. The van der Waals surface area contributed by atoms with E-state index in [1.807, 2.05) is 0 Å². The fourth-order valence-electron chi connectivity index (χ4n) is 1.55. The Morgan fingerprint density at radius 2 is 2.00 bits per heavy atom. The smallest absolute Gasteiger partial charge is 0.322 e. The highest BCUT2D eigenvalue weighted by atomic mass is 35.5. The first-order valence-electron chi connectivity index (χ1n) is 5.36. The molecule has 18 heavy (non-hydrogen) atoms. The number of hydrogen-bond donors (Lipinski definition) is 1. The van der Waals surface area contributed by atoms with Gasteiger partial charge in [0, 0.05) is 16.7 Å². The van der Waals surface area contributed by atoms with Crippen LogP contribution in [0.4, 0.5) is 13.2 Å². The van der Waals surface area contributed by atoms with Crippen LogP contribution in [0.5, 0.6) is 0 Å². The van der Waals surface area contributed by atoms with Crippen molar-refractivity contribution < 1.29 is 14.5 Å². The molecule has 0 bridgehead atoms. The summed E-state index contributed by atoms with van der Waals surface area (Å²) in [6, 6.07) is 5.14. The molecular formula is C12H7ClF3NO. The van der Waals surface area contributed by atoms with Crippen LogP contribution in [-0.4, -0.2) is 4.98 Å². The van der Waals surface area contributed by atoms with Gasteiger partial charge < -0.3 is 4.98 Å². The first-order valence-corrected chi connectivity index (χ1v) is 5.24. The molecule has 1 heterocycles. The third-order valence-corrected chi connectivity index (χ3v) is 2.46. The molecule has 2 rings (SSSR count). The molecule has 0 aliphatic heterocycles. The van der Waals surface area contributed by atoms with Gasteiger partial charge in [-0.2, -0.15) is 13.2 Å². The molecule has 0 aliphatic carbocycles. The molecule has 0 atom stereocenters. The summed E-state index contributed by atoms with van der Waals surface area (Å²) in [5.41, 5.74) is -2.06. The number of pyridine rings is 1. The van der Waals surface area contributed by atoms with E-state index in [4.69, 9.17) is 13.0 Å². The molecule has 0 spiro atoms. The number of aromatic nitrogens is 1. The Bertz CT molecular complexity index is 681. The molecule has 1 N–H and O–H groups in total. The molecule has 0 fully saturated rings. The maximum Gasteiger partial charge on any atom is 0.417 e. The van der Waals surface area contributed by atoms with Gasteiger partial charge in [-0.1, -0.05) is 29.8 Å². The zero-order chi connectivity index (χ0) is 14.2. The Morgan fingerprint density at radius 1 is 1.28 bits per heavy atom. The van der Waals surface area contributed by atoms with Gasteiger partial charge in [0.15, 0.2) is 0 Å². The predicted molar refractivity (Wildman–Crippen MR) is 62.5 cm³/mol. The van der Waals surface area contributed by atoms with E-state index in [2.05, 4.69) is 4.98 Å². The number of aromatic amines is 1. The summed E-state index contributed by atoms with van der Waals surface area (Å²) in [7, 11) is 0. The average molecular weight is 275 g/mol. The standard InChI is InChI=1S/C12H7ClF3NO/c13-7-5-10(17-11(18)6-7)8-3-1-2-4-9(8)12(14,15)16/h1-6H,(H,17,18)/i4D. The Labute approximate surface area is 106 Å². The normalized spacial score (nSPS) is 12.3. The first-order chi connectivity index (χ1) is 8.79. The van der Waals surface area contributed by atoms with Gasteiger partial charge in [0.1, 0.15) is 0 Å². The highest BCUT2D eigenvalue weighted by Crippen LogP contribution is 2.36. The van der Waals surface area contributed by atoms with Crippen molar-refractivity contribution >= 4 is 11.6 Å². The number of halogens is 4. The van der Waals surface area contributed by atoms with Crippen molar-refractivity contribution in [2.45, 2.75) is 6.18 Å². The summed E-state index contributed by atoms with van der Waals surface area (Å²) in [6.45, 7) is 0. The first kappa shape index (κ1) is 11.3. The van der Waals surface area contributed by atoms with Crippen LogP contribution in [0, 0.1) is 0 Å². The van der Waals surface area contributed by atoms with Crippen LogP contribution in [-0.2, 0) is 6.18 Å². The van der Waals surface area contributed by atoms with Crippen LogP contribution in [0.2, 0.25) is 5.02 Å². The largest absolute Gasteiger partial charge is 0.417 e. The van der Waals surface area contributed by atoms with Crippen LogP contribution >= 0.6 is 11.6 Å². The van der Waals surface area contributed by atoms with Gasteiger partial charge in [0.05, 0.1) is 12.6 Å². The lowest BCUT2D eigenvalue weighted by Crippen LogP contribution is -2.10. The third-order valence-electron chi connectivity index (χ3n) is 2.24. The fraction of sp³-hybridized carbons (Fsp3) is 0.0833. The molecule has 0 radical (unpaired) electrons. The molecular weight excluding hydrogens is 267 g/mol. The van der Waals surface area contributed by atoms with Gasteiger partial charge in [-0.05, 0) is 12.1 Å². The Kier molecular flexibility index (Phi) is 2.83. The summed E-state index contributed by atoms with van der Waals surface area (Å²) in [5, 5.41) is 0.0299. The lowest BCUT2D eigenvalue weighted by atomic mass is 10.0. The lowest BCUT2D eigenvalue weighted by Gasteiger charge is -2.12. The maximum atomic E-state index is 13.0. The minimum absolute atomic E-state index is 0.0299. The van der Waals surface area contributed by atoms with Crippen molar-refractivity contribution in [2.75, 3.05) is 0 Å². The zero-order valence-corrected chi connectivity index (χ0v) is 9.56. The van der Waals surface area contributed by atoms with E-state index in [0.717, 1.165) is 12.1 Å². The van der Waals surface area contributed by atoms with E-state index in [-0.39, 0.29) is 16.3 Å².